The molecule has 0 N–H and O–H groups in total. The predicted molar refractivity (Wildman–Crippen MR) is 181 cm³/mol. The highest BCUT2D eigenvalue weighted by Crippen LogP contribution is 2.64. The molecule has 1 nitrogen and oxygen atoms in total. The lowest BCUT2D eigenvalue weighted by molar-refractivity contribution is 0.486. The van der Waals surface area contributed by atoms with Gasteiger partial charge in [-0.1, -0.05) is 115 Å². The van der Waals surface area contributed by atoms with E-state index in [0.29, 0.717) is 0 Å². The second kappa shape index (κ2) is 8.36. The molecule has 10 rings (SSSR count). The predicted octanol–water partition coefficient (Wildman–Crippen LogP) is 11.2. The van der Waals surface area contributed by atoms with E-state index in [1.54, 1.807) is 0 Å². The molecule has 7 aromatic rings. The molecule has 7 aromatic carbocycles. The van der Waals surface area contributed by atoms with Crippen LogP contribution in [0.1, 0.15) is 33.4 Å². The highest BCUT2D eigenvalue weighted by molar-refractivity contribution is 6.12. The van der Waals surface area contributed by atoms with Crippen molar-refractivity contribution >= 4 is 10.8 Å². The maximum absolute atomic E-state index is 6.58. The number of benzene rings is 7. The summed E-state index contributed by atoms with van der Waals surface area (Å²) in [5, 5.41) is 2.42. The number of aryl methyl sites for hydroxylation is 2. The van der Waals surface area contributed by atoms with Gasteiger partial charge in [-0.2, -0.15) is 0 Å². The van der Waals surface area contributed by atoms with Crippen LogP contribution in [0.5, 0.6) is 11.5 Å². The zero-order valence-electron chi connectivity index (χ0n) is 24.6. The Morgan fingerprint density at radius 2 is 0.977 bits per heavy atom. The van der Waals surface area contributed by atoms with E-state index < -0.39 is 0 Å². The SMILES string of the molecule is Cc1cc2c(cc1C)-c1cccc3c(-c4cccc5c4-c4ccccc4C54c5ccccc5-c5ccccc54)ccc(c13)O2. The molecule has 1 heterocycles. The summed E-state index contributed by atoms with van der Waals surface area (Å²) in [4.78, 5) is 0. The van der Waals surface area contributed by atoms with Crippen molar-refractivity contribution in [1.82, 2.24) is 0 Å². The Kier molecular flexibility index (Phi) is 4.58. The quantitative estimate of drug-likeness (QED) is 0.194. The molecule has 44 heavy (non-hydrogen) atoms. The lowest BCUT2D eigenvalue weighted by Crippen LogP contribution is -2.25. The van der Waals surface area contributed by atoms with Crippen molar-refractivity contribution in [3.05, 3.63) is 167 Å². The first-order chi connectivity index (χ1) is 21.7. The Morgan fingerprint density at radius 1 is 0.409 bits per heavy atom. The Morgan fingerprint density at radius 3 is 1.73 bits per heavy atom. The van der Waals surface area contributed by atoms with Gasteiger partial charge in [0, 0.05) is 10.9 Å². The highest BCUT2D eigenvalue weighted by atomic mass is 16.5. The second-order valence-electron chi connectivity index (χ2n) is 12.5. The monoisotopic (exact) mass is 560 g/mol. The van der Waals surface area contributed by atoms with E-state index in [1.807, 2.05) is 0 Å². The van der Waals surface area contributed by atoms with Gasteiger partial charge in [0.1, 0.15) is 11.5 Å². The van der Waals surface area contributed by atoms with Crippen LogP contribution in [0.25, 0.3) is 55.3 Å². The van der Waals surface area contributed by atoms with E-state index in [0.717, 1.165) is 11.5 Å². The van der Waals surface area contributed by atoms with Crippen LogP contribution < -0.4 is 4.74 Å². The van der Waals surface area contributed by atoms with Crippen molar-refractivity contribution < 1.29 is 4.74 Å². The minimum Gasteiger partial charge on any atom is -0.456 e. The minimum atomic E-state index is -0.348. The van der Waals surface area contributed by atoms with Crippen LogP contribution in [0.15, 0.2) is 133 Å². The van der Waals surface area contributed by atoms with Gasteiger partial charge in [-0.25, -0.2) is 0 Å². The summed E-state index contributed by atoms with van der Waals surface area (Å²) in [6, 6.07) is 49.7. The molecular formula is C43H28O. The van der Waals surface area contributed by atoms with Gasteiger partial charge in [0.2, 0.25) is 0 Å². The van der Waals surface area contributed by atoms with Crippen LogP contribution in [-0.2, 0) is 5.41 Å². The summed E-state index contributed by atoms with van der Waals surface area (Å²) in [6.45, 7) is 4.33. The lowest BCUT2D eigenvalue weighted by Gasteiger charge is -2.30. The van der Waals surface area contributed by atoms with E-state index in [4.69, 9.17) is 4.74 Å². The maximum Gasteiger partial charge on any atom is 0.135 e. The fourth-order valence-electron chi connectivity index (χ4n) is 8.49. The normalized spacial score (nSPS) is 14.0. The van der Waals surface area contributed by atoms with Crippen molar-refractivity contribution in [2.24, 2.45) is 0 Å². The Bertz CT molecular complexity index is 2350. The van der Waals surface area contributed by atoms with Crippen molar-refractivity contribution in [3.63, 3.8) is 0 Å². The average Bonchev–Trinajstić information content (AvgIpc) is 3.54. The lowest BCUT2D eigenvalue weighted by atomic mass is 9.70. The van der Waals surface area contributed by atoms with Crippen LogP contribution in [0.4, 0.5) is 0 Å². The summed E-state index contributed by atoms with van der Waals surface area (Å²) >= 11 is 0. The van der Waals surface area contributed by atoms with Crippen molar-refractivity contribution in [1.29, 1.82) is 0 Å². The van der Waals surface area contributed by atoms with E-state index in [1.165, 1.54) is 88.7 Å². The molecular weight excluding hydrogens is 532 g/mol. The second-order valence-corrected chi connectivity index (χ2v) is 12.5. The van der Waals surface area contributed by atoms with Gasteiger partial charge >= 0.3 is 0 Å². The van der Waals surface area contributed by atoms with Crippen LogP contribution in [0, 0.1) is 13.8 Å². The van der Waals surface area contributed by atoms with Crippen LogP contribution >= 0.6 is 0 Å². The first-order valence-electron chi connectivity index (χ1n) is 15.4. The largest absolute Gasteiger partial charge is 0.456 e. The summed E-state index contributed by atoms with van der Waals surface area (Å²) in [6.07, 6.45) is 0. The first-order valence-corrected chi connectivity index (χ1v) is 15.4. The van der Waals surface area contributed by atoms with Crippen LogP contribution in [0.3, 0.4) is 0 Å². The van der Waals surface area contributed by atoms with E-state index in [2.05, 4.69) is 147 Å². The summed E-state index contributed by atoms with van der Waals surface area (Å²) in [5.74, 6) is 1.87. The summed E-state index contributed by atoms with van der Waals surface area (Å²) < 4.78 is 6.58. The molecule has 0 aromatic heterocycles. The van der Waals surface area contributed by atoms with Gasteiger partial charge in [0.15, 0.2) is 0 Å². The molecule has 0 amide bonds. The maximum atomic E-state index is 6.58. The topological polar surface area (TPSA) is 9.23 Å². The van der Waals surface area contributed by atoms with Crippen LogP contribution in [-0.4, -0.2) is 0 Å². The zero-order chi connectivity index (χ0) is 29.2. The molecule has 1 aliphatic heterocycles. The molecule has 0 unspecified atom stereocenters. The summed E-state index contributed by atoms with van der Waals surface area (Å²) in [7, 11) is 0. The number of hydrogen-bond acceptors (Lipinski definition) is 1. The van der Waals surface area contributed by atoms with E-state index in [-0.39, 0.29) is 5.41 Å². The fourth-order valence-corrected chi connectivity index (χ4v) is 8.49. The van der Waals surface area contributed by atoms with Crippen molar-refractivity contribution in [2.75, 3.05) is 0 Å². The Balaban J connectivity index is 1.30. The molecule has 0 atom stereocenters. The highest BCUT2D eigenvalue weighted by Gasteiger charge is 2.52. The van der Waals surface area contributed by atoms with Gasteiger partial charge in [0.05, 0.1) is 5.41 Å². The third kappa shape index (κ3) is 2.80. The molecule has 0 saturated heterocycles. The van der Waals surface area contributed by atoms with Gasteiger partial charge in [-0.3, -0.25) is 0 Å². The first kappa shape index (κ1) is 24.1. The molecule has 2 aliphatic carbocycles. The van der Waals surface area contributed by atoms with Gasteiger partial charge < -0.3 is 4.74 Å². The fraction of sp³-hybridized carbons (Fsp3) is 0.0698. The Hall–Kier alpha value is -5.40. The number of rotatable bonds is 1. The number of ether oxygens (including phenoxy) is 1. The van der Waals surface area contributed by atoms with Gasteiger partial charge in [-0.05, 0) is 110 Å². The van der Waals surface area contributed by atoms with Gasteiger partial charge in [0.25, 0.3) is 0 Å². The third-order valence-corrected chi connectivity index (χ3v) is 10.4. The Labute approximate surface area is 257 Å². The zero-order valence-corrected chi connectivity index (χ0v) is 24.6. The molecule has 0 radical (unpaired) electrons. The van der Waals surface area contributed by atoms with Crippen molar-refractivity contribution in [2.45, 2.75) is 19.3 Å². The molecule has 1 spiro atoms. The third-order valence-electron chi connectivity index (χ3n) is 10.4. The van der Waals surface area contributed by atoms with E-state index in [9.17, 15) is 0 Å². The smallest absolute Gasteiger partial charge is 0.135 e. The average molecular weight is 561 g/mol. The van der Waals surface area contributed by atoms with E-state index >= 15 is 0 Å². The number of fused-ring (bicyclic) bond motifs is 12. The standard InChI is InChI=1S/C43H28O/c1-25-23-34-32-15-9-14-31-27(21-22-39(42(31)32)44-40(34)24-26(25)2)30-16-10-20-38-41(30)33-13-5-8-19-37(33)43(38)35-17-6-3-11-28(35)29-12-4-7-18-36(29)43/h3-24H,1-2H3. The van der Waals surface area contributed by atoms with Crippen LogP contribution in [0.2, 0.25) is 0 Å². The molecule has 206 valence electrons. The summed E-state index contributed by atoms with van der Waals surface area (Å²) in [5.41, 5.74) is 17.9. The molecule has 0 saturated carbocycles. The molecule has 3 aliphatic rings. The molecule has 0 bridgehead atoms. The van der Waals surface area contributed by atoms with Gasteiger partial charge in [-0.15, -0.1) is 0 Å². The van der Waals surface area contributed by atoms with Crippen molar-refractivity contribution in [3.8, 4) is 56.0 Å². The number of hydrogen-bond donors (Lipinski definition) is 0. The molecule has 1 heteroatoms. The minimum absolute atomic E-state index is 0.348. The molecule has 0 fully saturated rings.